The van der Waals surface area contributed by atoms with Gasteiger partial charge in [-0.05, 0) is 110 Å². The van der Waals surface area contributed by atoms with Gasteiger partial charge in [-0.2, -0.15) is 4.21 Å². The number of carboxylic acids is 1. The first-order chi connectivity index (χ1) is 29.5. The van der Waals surface area contributed by atoms with E-state index >= 15 is 0 Å². The minimum Gasteiger partial charge on any atom is -0.478 e. The molecule has 61 heavy (non-hydrogen) atoms. The summed E-state index contributed by atoms with van der Waals surface area (Å²) in [5.74, 6) is -0.791. The van der Waals surface area contributed by atoms with Crippen molar-refractivity contribution < 1.29 is 64.0 Å². The minimum atomic E-state index is -2.14. The zero-order valence-electron chi connectivity index (χ0n) is 32.1. The van der Waals surface area contributed by atoms with Crippen LogP contribution in [-0.2, 0) is 49.7 Å². The molecule has 6 aromatic rings. The molecule has 19 heteroatoms. The number of anilines is 2. The van der Waals surface area contributed by atoms with Crippen LogP contribution in [0.4, 0.5) is 11.4 Å². The van der Waals surface area contributed by atoms with E-state index in [-0.39, 0.29) is 52.2 Å². The Kier molecular flexibility index (Phi) is 15.7. The van der Waals surface area contributed by atoms with Gasteiger partial charge in [0.1, 0.15) is 29.6 Å². The summed E-state index contributed by atoms with van der Waals surface area (Å²) >= 11 is -3.72. The highest BCUT2D eigenvalue weighted by Crippen LogP contribution is 2.27. The highest BCUT2D eigenvalue weighted by atomic mass is 32.2. The van der Waals surface area contributed by atoms with Gasteiger partial charge in [-0.3, -0.25) is 20.4 Å². The summed E-state index contributed by atoms with van der Waals surface area (Å²) in [5.41, 5.74) is 6.12. The van der Waals surface area contributed by atoms with Crippen molar-refractivity contribution in [3.63, 3.8) is 0 Å². The molecular weight excluding hydrogens is 853 g/mol. The van der Waals surface area contributed by atoms with Crippen LogP contribution >= 0.6 is 12.3 Å². The van der Waals surface area contributed by atoms with E-state index in [0.29, 0.717) is 40.6 Å². The summed E-state index contributed by atoms with van der Waals surface area (Å²) in [6, 6.07) is 35.1. The number of amides is 1. The number of hydrogen-bond acceptors (Lipinski definition) is 15. The van der Waals surface area contributed by atoms with Gasteiger partial charge >= 0.3 is 17.3 Å². The standard InChI is InChI=1S/C42H36N2O14S3/c1-27-9-14-33(15-10-27)53-58-59-54-35-19-20-39(40(24-35)42(46)47)41(45)43-31-5-4-8-38(23-31)60(49)55-36-7-3-6-32(22-36)44-51-25-29-13-18-37(21-30(29)26-52-48)57-61(50)56-34-16-11-28(2)12-17-34/h3-24,44,48H,25-26H2,1-2H3,(H,43,45)(H,46,47). The van der Waals surface area contributed by atoms with Crippen LogP contribution in [0.3, 0.4) is 0 Å². The Morgan fingerprint density at radius 1 is 0.639 bits per heavy atom. The Hall–Kier alpha value is -6.45. The van der Waals surface area contributed by atoms with E-state index < -0.39 is 34.3 Å². The highest BCUT2D eigenvalue weighted by Gasteiger charge is 2.19. The van der Waals surface area contributed by atoms with Gasteiger partial charge in [0.2, 0.25) is 11.1 Å². The third-order valence-corrected chi connectivity index (χ3v) is 10.3. The highest BCUT2D eigenvalue weighted by molar-refractivity contribution is 7.90. The second-order valence-electron chi connectivity index (χ2n) is 12.7. The van der Waals surface area contributed by atoms with Crippen molar-refractivity contribution in [3.8, 4) is 28.7 Å². The number of rotatable bonds is 21. The van der Waals surface area contributed by atoms with E-state index in [9.17, 15) is 23.1 Å². The molecule has 0 spiro atoms. The van der Waals surface area contributed by atoms with Gasteiger partial charge < -0.3 is 32.0 Å². The second-order valence-corrected chi connectivity index (χ2v) is 15.0. The first-order valence-corrected chi connectivity index (χ1v) is 20.6. The molecule has 316 valence electrons. The molecule has 0 aliphatic carbocycles. The number of carbonyl (C=O) groups excluding carboxylic acids is 1. The molecule has 4 N–H and O–H groups in total. The Bertz CT molecular complexity index is 2510. The maximum Gasteiger partial charge on any atom is 0.417 e. The van der Waals surface area contributed by atoms with Crippen LogP contribution in [0.15, 0.2) is 138 Å². The number of benzene rings is 6. The molecule has 0 aliphatic heterocycles. The van der Waals surface area contributed by atoms with E-state index in [4.69, 9.17) is 36.0 Å². The van der Waals surface area contributed by atoms with Crippen molar-refractivity contribution in [1.29, 1.82) is 0 Å². The van der Waals surface area contributed by atoms with Crippen LogP contribution in [-0.4, -0.2) is 30.7 Å². The summed E-state index contributed by atoms with van der Waals surface area (Å²) < 4.78 is 52.4. The molecule has 0 aromatic heterocycles. The van der Waals surface area contributed by atoms with E-state index in [1.165, 1.54) is 36.4 Å². The summed E-state index contributed by atoms with van der Waals surface area (Å²) in [6.07, 6.45) is 0. The zero-order valence-corrected chi connectivity index (χ0v) is 34.6. The first kappa shape index (κ1) is 44.1. The smallest absolute Gasteiger partial charge is 0.417 e. The molecule has 0 radical (unpaired) electrons. The number of carbonyl (C=O) groups is 2. The summed E-state index contributed by atoms with van der Waals surface area (Å²) in [4.78, 5) is 40.6. The largest absolute Gasteiger partial charge is 0.478 e. The monoisotopic (exact) mass is 888 g/mol. The lowest BCUT2D eigenvalue weighted by Crippen LogP contribution is -2.16. The van der Waals surface area contributed by atoms with Crippen molar-refractivity contribution in [2.45, 2.75) is 32.0 Å². The van der Waals surface area contributed by atoms with Crippen LogP contribution in [0.1, 0.15) is 43.0 Å². The molecule has 0 aliphatic rings. The van der Waals surface area contributed by atoms with Gasteiger partial charge in [0.05, 0.1) is 28.3 Å². The normalized spacial score (nSPS) is 11.8. The average molecular weight is 889 g/mol. The van der Waals surface area contributed by atoms with Gasteiger partial charge in [-0.1, -0.05) is 57.9 Å². The number of carboxylic acid groups (broad SMARTS) is 1. The summed E-state index contributed by atoms with van der Waals surface area (Å²) in [7, 11) is 0. The third kappa shape index (κ3) is 13.3. The van der Waals surface area contributed by atoms with Crippen LogP contribution in [0.25, 0.3) is 0 Å². The van der Waals surface area contributed by atoms with Crippen LogP contribution in [0, 0.1) is 13.8 Å². The Labute approximate surface area is 359 Å². The van der Waals surface area contributed by atoms with Crippen molar-refractivity contribution in [1.82, 2.24) is 0 Å². The molecule has 0 saturated carbocycles. The number of aromatic carboxylic acids is 1. The van der Waals surface area contributed by atoms with E-state index in [1.54, 1.807) is 72.8 Å². The Balaban J connectivity index is 1.00. The third-order valence-electron chi connectivity index (χ3n) is 8.23. The predicted octanol–water partition coefficient (Wildman–Crippen LogP) is 8.88. The second kappa shape index (κ2) is 21.7. The molecule has 6 aromatic carbocycles. The van der Waals surface area contributed by atoms with E-state index in [2.05, 4.69) is 15.7 Å². The van der Waals surface area contributed by atoms with E-state index in [0.717, 1.165) is 11.1 Å². The fraction of sp³-hybridized carbons (Fsp3) is 0.0952. The molecule has 6 rings (SSSR count). The minimum absolute atomic E-state index is 0.00176. The predicted molar refractivity (Wildman–Crippen MR) is 225 cm³/mol. The Morgan fingerprint density at radius 2 is 1.30 bits per heavy atom. The number of hydrogen-bond donors (Lipinski definition) is 4. The quantitative estimate of drug-likeness (QED) is 0.0230. The van der Waals surface area contributed by atoms with Gasteiger partial charge in [-0.25, -0.2) is 13.9 Å². The number of nitrogens with one attached hydrogen (secondary N) is 2. The molecule has 2 atom stereocenters. The maximum atomic E-state index is 13.3. The Morgan fingerprint density at radius 3 is 2.03 bits per heavy atom. The number of aryl methyl sites for hydroxylation is 2. The fourth-order valence-electron chi connectivity index (χ4n) is 5.24. The van der Waals surface area contributed by atoms with Crippen molar-refractivity contribution in [3.05, 3.63) is 167 Å². The van der Waals surface area contributed by atoms with Crippen molar-refractivity contribution >= 4 is 58.0 Å². The lowest BCUT2D eigenvalue weighted by atomic mass is 10.1. The lowest BCUT2D eigenvalue weighted by Gasteiger charge is -2.13. The maximum absolute atomic E-state index is 13.3. The van der Waals surface area contributed by atoms with Gasteiger partial charge in [-0.15, -0.1) is 0 Å². The van der Waals surface area contributed by atoms with Crippen LogP contribution in [0.2, 0.25) is 0 Å². The SMILES string of the molecule is Cc1ccc(OOSOc2ccc(C(=O)Nc3cccc(S(=O)Oc4cccc(NOCc5ccc(OS(=O)Oc6ccc(C)cc6)cc5COO)c4)c3)c(C(=O)O)c2)cc1. The molecule has 16 nitrogen and oxygen atoms in total. The molecular formula is C42H36N2O14S3. The molecule has 1 amide bonds. The fourth-order valence-corrected chi connectivity index (χ4v) is 6.90. The zero-order chi connectivity index (χ0) is 43.1. The summed E-state index contributed by atoms with van der Waals surface area (Å²) in [6.45, 7) is 3.63. The molecule has 0 saturated heterocycles. The van der Waals surface area contributed by atoms with Crippen LogP contribution < -0.4 is 32.4 Å². The van der Waals surface area contributed by atoms with E-state index in [1.807, 2.05) is 38.1 Å². The van der Waals surface area contributed by atoms with Gasteiger partial charge in [0.15, 0.2) is 5.75 Å². The molecule has 0 fully saturated rings. The summed E-state index contributed by atoms with van der Waals surface area (Å²) in [5, 5.41) is 21.6. The van der Waals surface area contributed by atoms with Crippen LogP contribution in [0.5, 0.6) is 28.7 Å². The van der Waals surface area contributed by atoms with Gasteiger partial charge in [0.25, 0.3) is 18.2 Å². The molecule has 0 heterocycles. The van der Waals surface area contributed by atoms with Gasteiger partial charge in [0, 0.05) is 11.8 Å². The molecule has 2 unspecified atom stereocenters. The molecule has 0 bridgehead atoms. The lowest BCUT2D eigenvalue weighted by molar-refractivity contribution is -0.253. The average Bonchev–Trinajstić information content (AvgIpc) is 3.25. The van der Waals surface area contributed by atoms with Crippen molar-refractivity contribution in [2.75, 3.05) is 10.8 Å². The van der Waals surface area contributed by atoms with Crippen molar-refractivity contribution in [2.24, 2.45) is 0 Å². The topological polar surface area (TPSA) is 207 Å². The first-order valence-electron chi connectivity index (χ1n) is 17.9.